The highest BCUT2D eigenvalue weighted by Crippen LogP contribution is 2.22. The average Bonchev–Trinajstić information content (AvgIpc) is 2.42. The number of rotatable bonds is 2. The van der Waals surface area contributed by atoms with Gasteiger partial charge in [-0.3, -0.25) is 4.79 Å². The molecule has 0 unspecified atom stereocenters. The molecule has 0 bridgehead atoms. The Labute approximate surface area is 118 Å². The van der Waals surface area contributed by atoms with Crippen LogP contribution in [0.25, 0.3) is 0 Å². The van der Waals surface area contributed by atoms with E-state index in [-0.39, 0.29) is 16.1 Å². The van der Waals surface area contributed by atoms with E-state index in [9.17, 15) is 13.6 Å². The number of benzene rings is 1. The van der Waals surface area contributed by atoms with E-state index in [0.29, 0.717) is 25.9 Å². The summed E-state index contributed by atoms with van der Waals surface area (Å²) in [6.07, 6.45) is 1.56. The van der Waals surface area contributed by atoms with E-state index in [0.717, 1.165) is 12.1 Å². The number of piperidine rings is 1. The van der Waals surface area contributed by atoms with Gasteiger partial charge in [0, 0.05) is 20.2 Å². The van der Waals surface area contributed by atoms with E-state index >= 15 is 0 Å². The molecular formula is C13H14BrF2NO2. The fraction of sp³-hybridized carbons (Fsp3) is 0.462. The Hall–Kier alpha value is -1.01. The molecule has 0 spiro atoms. The van der Waals surface area contributed by atoms with E-state index in [1.165, 1.54) is 4.90 Å². The van der Waals surface area contributed by atoms with Gasteiger partial charge < -0.3 is 9.64 Å². The van der Waals surface area contributed by atoms with E-state index in [2.05, 4.69) is 15.9 Å². The lowest BCUT2D eigenvalue weighted by atomic mass is 10.1. The van der Waals surface area contributed by atoms with Gasteiger partial charge in [0.15, 0.2) is 0 Å². The molecule has 2 rings (SSSR count). The Morgan fingerprint density at radius 3 is 2.53 bits per heavy atom. The van der Waals surface area contributed by atoms with Gasteiger partial charge in [0.2, 0.25) is 0 Å². The summed E-state index contributed by atoms with van der Waals surface area (Å²) in [4.78, 5) is 13.7. The van der Waals surface area contributed by atoms with Gasteiger partial charge in [-0.1, -0.05) is 0 Å². The smallest absolute Gasteiger partial charge is 0.256 e. The second-order valence-electron chi connectivity index (χ2n) is 4.47. The van der Waals surface area contributed by atoms with E-state index < -0.39 is 17.5 Å². The summed E-state index contributed by atoms with van der Waals surface area (Å²) >= 11 is 2.89. The maximum atomic E-state index is 13.7. The van der Waals surface area contributed by atoms with Gasteiger partial charge in [0.1, 0.15) is 11.6 Å². The summed E-state index contributed by atoms with van der Waals surface area (Å²) in [5.41, 5.74) is -0.225. The van der Waals surface area contributed by atoms with Crippen molar-refractivity contribution >= 4 is 21.8 Å². The average molecular weight is 334 g/mol. The first-order valence-electron chi connectivity index (χ1n) is 5.99. The minimum absolute atomic E-state index is 0.0136. The molecule has 6 heteroatoms. The monoisotopic (exact) mass is 333 g/mol. The molecule has 3 nitrogen and oxygen atoms in total. The zero-order valence-corrected chi connectivity index (χ0v) is 12.0. The maximum absolute atomic E-state index is 13.7. The predicted molar refractivity (Wildman–Crippen MR) is 70.0 cm³/mol. The molecule has 1 fully saturated rings. The van der Waals surface area contributed by atoms with Crippen molar-refractivity contribution < 1.29 is 18.3 Å². The van der Waals surface area contributed by atoms with Crippen LogP contribution in [0.3, 0.4) is 0 Å². The molecule has 1 heterocycles. The second kappa shape index (κ2) is 5.96. The van der Waals surface area contributed by atoms with Gasteiger partial charge in [-0.25, -0.2) is 8.78 Å². The summed E-state index contributed by atoms with van der Waals surface area (Å²) in [6.45, 7) is 0.989. The lowest BCUT2D eigenvalue weighted by Crippen LogP contribution is -2.41. The molecule has 1 aromatic carbocycles. The van der Waals surface area contributed by atoms with Gasteiger partial charge in [-0.2, -0.15) is 0 Å². The third-order valence-corrected chi connectivity index (χ3v) is 3.91. The lowest BCUT2D eigenvalue weighted by molar-refractivity contribution is 0.0348. The number of carbonyl (C=O) groups excluding carboxylic acids is 1. The minimum Gasteiger partial charge on any atom is -0.381 e. The van der Waals surface area contributed by atoms with E-state index in [1.54, 1.807) is 7.11 Å². The van der Waals surface area contributed by atoms with Crippen LogP contribution < -0.4 is 0 Å². The molecular weight excluding hydrogens is 320 g/mol. The zero-order chi connectivity index (χ0) is 14.0. The lowest BCUT2D eigenvalue weighted by Gasteiger charge is -2.31. The first-order chi connectivity index (χ1) is 9.02. The molecule has 1 saturated heterocycles. The summed E-state index contributed by atoms with van der Waals surface area (Å²) < 4.78 is 32.3. The fourth-order valence-corrected chi connectivity index (χ4v) is 2.47. The van der Waals surface area contributed by atoms with Gasteiger partial charge in [0.25, 0.3) is 5.91 Å². The van der Waals surface area contributed by atoms with Gasteiger partial charge >= 0.3 is 0 Å². The Kier molecular flexibility index (Phi) is 4.52. The van der Waals surface area contributed by atoms with E-state index in [1.807, 2.05) is 0 Å². The first kappa shape index (κ1) is 14.4. The molecule has 1 aromatic rings. The van der Waals surface area contributed by atoms with Crippen LogP contribution in [0.2, 0.25) is 0 Å². The number of likely N-dealkylation sites (tertiary alicyclic amines) is 1. The number of nitrogens with zero attached hydrogens (tertiary/aromatic N) is 1. The maximum Gasteiger partial charge on any atom is 0.256 e. The van der Waals surface area contributed by atoms with Crippen LogP contribution in [0.4, 0.5) is 8.78 Å². The summed E-state index contributed by atoms with van der Waals surface area (Å²) in [7, 11) is 1.63. The van der Waals surface area contributed by atoms with Crippen molar-refractivity contribution in [3.05, 3.63) is 33.8 Å². The third kappa shape index (κ3) is 3.12. The molecule has 0 saturated carbocycles. The van der Waals surface area contributed by atoms with Crippen molar-refractivity contribution in [2.24, 2.45) is 0 Å². The van der Waals surface area contributed by atoms with Crippen molar-refractivity contribution in [1.29, 1.82) is 0 Å². The van der Waals surface area contributed by atoms with Gasteiger partial charge in [-0.15, -0.1) is 0 Å². The SMILES string of the molecule is COC1CCN(C(=O)c2cc(F)c(Br)cc2F)CC1. The number of halogens is 3. The minimum atomic E-state index is -0.716. The Morgan fingerprint density at radius 1 is 1.32 bits per heavy atom. The molecule has 1 aliphatic heterocycles. The molecule has 19 heavy (non-hydrogen) atoms. The highest BCUT2D eigenvalue weighted by molar-refractivity contribution is 9.10. The second-order valence-corrected chi connectivity index (χ2v) is 5.33. The fourth-order valence-electron chi connectivity index (χ4n) is 2.15. The summed E-state index contributed by atoms with van der Waals surface area (Å²) in [5.74, 6) is -1.83. The number of hydrogen-bond acceptors (Lipinski definition) is 2. The molecule has 0 N–H and O–H groups in total. The predicted octanol–water partition coefficient (Wildman–Crippen LogP) is 2.98. The highest BCUT2D eigenvalue weighted by atomic mass is 79.9. The van der Waals surface area contributed by atoms with Crippen LogP contribution in [0.5, 0.6) is 0 Å². The van der Waals surface area contributed by atoms with Gasteiger partial charge in [-0.05, 0) is 40.9 Å². The van der Waals surface area contributed by atoms with Crippen molar-refractivity contribution in [2.45, 2.75) is 18.9 Å². The molecule has 0 aromatic heterocycles. The number of amides is 1. The van der Waals surface area contributed by atoms with Crippen LogP contribution >= 0.6 is 15.9 Å². The van der Waals surface area contributed by atoms with Crippen molar-refractivity contribution in [3.63, 3.8) is 0 Å². The Bertz CT molecular complexity index is 488. The first-order valence-corrected chi connectivity index (χ1v) is 6.79. The molecule has 1 aliphatic rings. The normalized spacial score (nSPS) is 16.7. The topological polar surface area (TPSA) is 29.5 Å². The van der Waals surface area contributed by atoms with Crippen LogP contribution in [-0.4, -0.2) is 37.1 Å². The van der Waals surface area contributed by atoms with Gasteiger partial charge in [0.05, 0.1) is 16.1 Å². The number of methoxy groups -OCH3 is 1. The molecule has 0 atom stereocenters. The zero-order valence-electron chi connectivity index (χ0n) is 10.5. The molecule has 1 amide bonds. The van der Waals surface area contributed by atoms with Crippen molar-refractivity contribution in [1.82, 2.24) is 4.90 Å². The summed E-state index contributed by atoms with van der Waals surface area (Å²) in [6, 6.07) is 1.91. The molecule has 104 valence electrons. The largest absolute Gasteiger partial charge is 0.381 e. The van der Waals surface area contributed by atoms with Crippen LogP contribution in [0, 0.1) is 11.6 Å². The number of hydrogen-bond donors (Lipinski definition) is 0. The number of ether oxygens (including phenoxy) is 1. The third-order valence-electron chi connectivity index (χ3n) is 3.30. The Balaban J connectivity index is 2.14. The number of carbonyl (C=O) groups is 1. The standard InChI is InChI=1S/C13H14BrF2NO2/c1-19-8-2-4-17(5-3-8)13(18)9-6-12(16)10(14)7-11(9)15/h6-8H,2-5H2,1H3. The molecule has 0 radical (unpaired) electrons. The van der Waals surface area contributed by atoms with Crippen LogP contribution in [0.1, 0.15) is 23.2 Å². The molecule has 0 aliphatic carbocycles. The Morgan fingerprint density at radius 2 is 1.95 bits per heavy atom. The quantitative estimate of drug-likeness (QED) is 0.779. The van der Waals surface area contributed by atoms with Crippen LogP contribution in [0.15, 0.2) is 16.6 Å². The highest BCUT2D eigenvalue weighted by Gasteiger charge is 2.25. The van der Waals surface area contributed by atoms with E-state index in [4.69, 9.17) is 4.74 Å². The van der Waals surface area contributed by atoms with Crippen molar-refractivity contribution in [3.8, 4) is 0 Å². The summed E-state index contributed by atoms with van der Waals surface area (Å²) in [5, 5.41) is 0. The van der Waals surface area contributed by atoms with Crippen molar-refractivity contribution in [2.75, 3.05) is 20.2 Å². The van der Waals surface area contributed by atoms with Crippen LogP contribution in [-0.2, 0) is 4.74 Å².